The van der Waals surface area contributed by atoms with E-state index in [1.54, 1.807) is 6.07 Å². The van der Waals surface area contributed by atoms with Gasteiger partial charge in [-0.15, -0.1) is 0 Å². The molecule has 0 spiro atoms. The van der Waals surface area contributed by atoms with Gasteiger partial charge in [-0.25, -0.2) is 4.39 Å². The number of halogens is 1. The Morgan fingerprint density at radius 2 is 1.71 bits per heavy atom. The van der Waals surface area contributed by atoms with Crippen LogP contribution in [-0.4, -0.2) is 5.11 Å². The van der Waals surface area contributed by atoms with Gasteiger partial charge in [-0.05, 0) is 66.5 Å². The van der Waals surface area contributed by atoms with Crippen LogP contribution in [0.15, 0.2) is 42.5 Å². The smallest absolute Gasteiger partial charge is 0.175 e. The molecule has 0 aliphatic rings. The third-order valence-corrected chi connectivity index (χ3v) is 3.48. The molecule has 0 bridgehead atoms. The highest BCUT2D eigenvalue weighted by molar-refractivity contribution is 7.80. The zero-order chi connectivity index (χ0) is 15.4. The van der Waals surface area contributed by atoms with Gasteiger partial charge in [0.1, 0.15) is 5.82 Å². The molecular formula is C17H19FN2S. The summed E-state index contributed by atoms with van der Waals surface area (Å²) in [4.78, 5) is 0. The highest BCUT2D eigenvalue weighted by Gasteiger charge is 2.04. The van der Waals surface area contributed by atoms with Crippen molar-refractivity contribution in [1.29, 1.82) is 0 Å². The first-order valence-electron chi connectivity index (χ1n) is 6.90. The van der Waals surface area contributed by atoms with E-state index in [2.05, 4.69) is 36.6 Å². The van der Waals surface area contributed by atoms with Crippen molar-refractivity contribution in [3.8, 4) is 0 Å². The van der Waals surface area contributed by atoms with Crippen molar-refractivity contribution < 1.29 is 4.39 Å². The van der Waals surface area contributed by atoms with Gasteiger partial charge >= 0.3 is 0 Å². The van der Waals surface area contributed by atoms with Gasteiger partial charge in [-0.1, -0.05) is 26.0 Å². The van der Waals surface area contributed by atoms with Crippen LogP contribution >= 0.6 is 12.2 Å². The lowest BCUT2D eigenvalue weighted by Crippen LogP contribution is -2.19. The van der Waals surface area contributed by atoms with Gasteiger partial charge in [0.05, 0.1) is 0 Å². The van der Waals surface area contributed by atoms with Crippen molar-refractivity contribution >= 4 is 28.7 Å². The minimum absolute atomic E-state index is 0.249. The Labute approximate surface area is 130 Å². The standard InChI is InChI=1S/C17H19FN2S/c1-11(2)13-4-7-15(8-5-13)19-17(21)20-16-9-6-14(18)10-12(16)3/h4-11H,1-3H3,(H2,19,20,21). The number of nitrogens with one attached hydrogen (secondary N) is 2. The monoisotopic (exact) mass is 302 g/mol. The molecule has 0 heterocycles. The minimum Gasteiger partial charge on any atom is -0.332 e. The molecular weight excluding hydrogens is 283 g/mol. The number of benzene rings is 2. The topological polar surface area (TPSA) is 24.1 Å². The van der Waals surface area contributed by atoms with Crippen LogP contribution in [-0.2, 0) is 0 Å². The summed E-state index contributed by atoms with van der Waals surface area (Å²) >= 11 is 5.28. The van der Waals surface area contributed by atoms with Gasteiger partial charge in [0, 0.05) is 11.4 Å². The molecule has 4 heteroatoms. The molecule has 2 aromatic carbocycles. The van der Waals surface area contributed by atoms with Crippen LogP contribution in [0.3, 0.4) is 0 Å². The van der Waals surface area contributed by atoms with Gasteiger partial charge < -0.3 is 10.6 Å². The summed E-state index contributed by atoms with van der Waals surface area (Å²) in [6, 6.07) is 12.7. The molecule has 0 aliphatic carbocycles. The highest BCUT2D eigenvalue weighted by Crippen LogP contribution is 2.19. The summed E-state index contributed by atoms with van der Waals surface area (Å²) < 4.78 is 13.1. The Balaban J connectivity index is 2.01. The molecule has 0 saturated heterocycles. The van der Waals surface area contributed by atoms with Crippen molar-refractivity contribution in [2.75, 3.05) is 10.6 Å². The summed E-state index contributed by atoms with van der Waals surface area (Å²) in [5.41, 5.74) is 3.83. The van der Waals surface area contributed by atoms with Crippen molar-refractivity contribution in [3.05, 3.63) is 59.4 Å². The zero-order valence-corrected chi connectivity index (χ0v) is 13.2. The summed E-state index contributed by atoms with van der Waals surface area (Å²) in [6.07, 6.45) is 0. The molecule has 0 amide bonds. The molecule has 0 radical (unpaired) electrons. The van der Waals surface area contributed by atoms with Crippen LogP contribution in [0.4, 0.5) is 15.8 Å². The van der Waals surface area contributed by atoms with E-state index in [1.165, 1.54) is 17.7 Å². The highest BCUT2D eigenvalue weighted by atomic mass is 32.1. The maximum absolute atomic E-state index is 13.1. The van der Waals surface area contributed by atoms with Crippen molar-refractivity contribution in [1.82, 2.24) is 0 Å². The molecule has 0 fully saturated rings. The van der Waals surface area contributed by atoms with Crippen LogP contribution in [0.1, 0.15) is 30.9 Å². The second kappa shape index (κ2) is 6.68. The lowest BCUT2D eigenvalue weighted by Gasteiger charge is -2.13. The molecule has 0 unspecified atom stereocenters. The fraction of sp³-hybridized carbons (Fsp3) is 0.235. The minimum atomic E-state index is -0.249. The van der Waals surface area contributed by atoms with Crippen LogP contribution < -0.4 is 10.6 Å². The number of thiocarbonyl (C=S) groups is 1. The zero-order valence-electron chi connectivity index (χ0n) is 12.4. The summed E-state index contributed by atoms with van der Waals surface area (Å²) in [7, 11) is 0. The summed E-state index contributed by atoms with van der Waals surface area (Å²) in [6.45, 7) is 6.16. The van der Waals surface area contributed by atoms with E-state index in [0.717, 1.165) is 16.9 Å². The Kier molecular flexibility index (Phi) is 4.91. The number of aryl methyl sites for hydroxylation is 1. The van der Waals surface area contributed by atoms with Gasteiger partial charge in [0.15, 0.2) is 5.11 Å². The average molecular weight is 302 g/mol. The SMILES string of the molecule is Cc1cc(F)ccc1NC(=S)Nc1ccc(C(C)C)cc1. The maximum atomic E-state index is 13.1. The molecule has 2 N–H and O–H groups in total. The van der Waals surface area contributed by atoms with Gasteiger partial charge in [-0.2, -0.15) is 0 Å². The molecule has 21 heavy (non-hydrogen) atoms. The Hall–Kier alpha value is -1.94. The maximum Gasteiger partial charge on any atom is 0.175 e. The molecule has 0 atom stereocenters. The van der Waals surface area contributed by atoms with Crippen molar-refractivity contribution in [2.45, 2.75) is 26.7 Å². The molecule has 2 rings (SSSR count). The summed E-state index contributed by atoms with van der Waals surface area (Å²) in [5, 5.41) is 6.69. The Morgan fingerprint density at radius 3 is 2.29 bits per heavy atom. The molecule has 0 aliphatic heterocycles. The molecule has 0 aromatic heterocycles. The fourth-order valence-electron chi connectivity index (χ4n) is 2.00. The average Bonchev–Trinajstić information content (AvgIpc) is 2.42. The van der Waals surface area contributed by atoms with Crippen LogP contribution in [0.2, 0.25) is 0 Å². The fourth-order valence-corrected chi connectivity index (χ4v) is 2.23. The number of hydrogen-bond donors (Lipinski definition) is 2. The van der Waals surface area contributed by atoms with Crippen LogP contribution in [0, 0.1) is 12.7 Å². The van der Waals surface area contributed by atoms with E-state index in [9.17, 15) is 4.39 Å². The van der Waals surface area contributed by atoms with E-state index in [0.29, 0.717) is 11.0 Å². The number of rotatable bonds is 3. The van der Waals surface area contributed by atoms with Gasteiger partial charge in [-0.3, -0.25) is 0 Å². The molecule has 0 saturated carbocycles. The van der Waals surface area contributed by atoms with Crippen LogP contribution in [0.5, 0.6) is 0 Å². The quantitative estimate of drug-likeness (QED) is 0.774. The number of anilines is 2. The summed E-state index contributed by atoms with van der Waals surface area (Å²) in [5.74, 6) is 0.257. The first kappa shape index (κ1) is 15.4. The second-order valence-electron chi connectivity index (χ2n) is 5.32. The van der Waals surface area contributed by atoms with Gasteiger partial charge in [0.25, 0.3) is 0 Å². The first-order chi connectivity index (χ1) is 9.95. The third-order valence-electron chi connectivity index (χ3n) is 3.27. The second-order valence-corrected chi connectivity index (χ2v) is 5.72. The third kappa shape index (κ3) is 4.26. The predicted octanol–water partition coefficient (Wildman–Crippen LogP) is 5.07. The van der Waals surface area contributed by atoms with Crippen molar-refractivity contribution in [3.63, 3.8) is 0 Å². The van der Waals surface area contributed by atoms with Crippen LogP contribution in [0.25, 0.3) is 0 Å². The lowest BCUT2D eigenvalue weighted by atomic mass is 10.0. The molecule has 2 nitrogen and oxygen atoms in total. The van der Waals surface area contributed by atoms with E-state index < -0.39 is 0 Å². The largest absolute Gasteiger partial charge is 0.332 e. The van der Waals surface area contributed by atoms with Crippen molar-refractivity contribution in [2.24, 2.45) is 0 Å². The predicted molar refractivity (Wildman–Crippen MR) is 91.5 cm³/mol. The van der Waals surface area contributed by atoms with Gasteiger partial charge in [0.2, 0.25) is 0 Å². The van der Waals surface area contributed by atoms with E-state index in [-0.39, 0.29) is 5.82 Å². The normalized spacial score (nSPS) is 10.5. The molecule has 2 aromatic rings. The Morgan fingerprint density at radius 1 is 1.05 bits per heavy atom. The number of hydrogen-bond acceptors (Lipinski definition) is 1. The lowest BCUT2D eigenvalue weighted by molar-refractivity contribution is 0.627. The van der Waals surface area contributed by atoms with E-state index >= 15 is 0 Å². The van der Waals surface area contributed by atoms with E-state index in [4.69, 9.17) is 12.2 Å². The first-order valence-corrected chi connectivity index (χ1v) is 7.30. The Bertz CT molecular complexity index is 636. The molecule has 110 valence electrons. The van der Waals surface area contributed by atoms with E-state index in [1.807, 2.05) is 19.1 Å².